The van der Waals surface area contributed by atoms with E-state index >= 15 is 0 Å². The first kappa shape index (κ1) is 45.8. The van der Waals surface area contributed by atoms with Crippen molar-refractivity contribution in [2.24, 2.45) is 0 Å². The van der Waals surface area contributed by atoms with Crippen LogP contribution in [0.3, 0.4) is 0 Å². The van der Waals surface area contributed by atoms with Crippen LogP contribution in [0.25, 0.3) is 0 Å². The Balaban J connectivity index is 0.000000292. The molecule has 0 atom stereocenters. The molecule has 0 aromatic heterocycles. The van der Waals surface area contributed by atoms with Gasteiger partial charge in [0.05, 0.1) is 24.6 Å². The normalized spacial score (nSPS) is 11.6. The first-order valence-corrected chi connectivity index (χ1v) is 25.4. The van der Waals surface area contributed by atoms with Crippen molar-refractivity contribution < 1.29 is 0 Å². The van der Waals surface area contributed by atoms with Crippen LogP contribution in [0, 0.1) is 0 Å². The molecule has 0 heterocycles. The van der Waals surface area contributed by atoms with Crippen LogP contribution >= 0.6 is 7.26 Å². The Kier molecular flexibility index (Phi) is 24.4. The molecule has 0 N–H and O–H groups in total. The van der Waals surface area contributed by atoms with Crippen molar-refractivity contribution in [3.8, 4) is 0 Å². The minimum absolute atomic E-state index is 0.630. The van der Waals surface area contributed by atoms with Crippen molar-refractivity contribution in [2.75, 3.05) is 24.6 Å². The number of rotatable bonds is 28. The fourth-order valence-corrected chi connectivity index (χ4v) is 14.1. The van der Waals surface area contributed by atoms with Gasteiger partial charge in [0.25, 0.3) is 0 Å². The van der Waals surface area contributed by atoms with Crippen molar-refractivity contribution in [3.63, 3.8) is 0 Å². The topological polar surface area (TPSA) is 0 Å². The minimum Gasteiger partial charge on any atom is -0.195 e. The zero-order valence-electron chi connectivity index (χ0n) is 35.5. The van der Waals surface area contributed by atoms with E-state index < -0.39 is 13.4 Å². The molecule has 0 spiro atoms. The van der Waals surface area contributed by atoms with E-state index in [0.29, 0.717) is 0 Å². The van der Waals surface area contributed by atoms with Gasteiger partial charge in [-0.15, -0.1) is 0 Å². The molecule has 296 valence electrons. The summed E-state index contributed by atoms with van der Waals surface area (Å²) in [5, 5.41) is 0. The van der Waals surface area contributed by atoms with Gasteiger partial charge in [0, 0.05) is 7.26 Å². The van der Waals surface area contributed by atoms with E-state index in [1.54, 1.807) is 31.1 Å². The quantitative estimate of drug-likeness (QED) is 0.0308. The molecule has 0 saturated carbocycles. The van der Waals surface area contributed by atoms with Crippen molar-refractivity contribution in [2.45, 2.75) is 156 Å². The summed E-state index contributed by atoms with van der Waals surface area (Å²) in [7, 11) is -0.630. The van der Waals surface area contributed by atoms with Crippen LogP contribution in [-0.4, -0.2) is 30.8 Å². The molecule has 0 nitrogen and oxygen atoms in total. The molecular formula is C52H80BP. The lowest BCUT2D eigenvalue weighted by Crippen LogP contribution is -2.74. The Hall–Kier alpha value is -2.63. The van der Waals surface area contributed by atoms with Crippen LogP contribution in [0.4, 0.5) is 0 Å². The van der Waals surface area contributed by atoms with E-state index in [1.165, 1.54) is 144 Å². The van der Waals surface area contributed by atoms with Crippen LogP contribution in [0.2, 0.25) is 0 Å². The van der Waals surface area contributed by atoms with Crippen molar-refractivity contribution in [1.29, 1.82) is 0 Å². The average Bonchev–Trinajstić information content (AvgIpc) is 3.23. The molecular weight excluding hydrogens is 666 g/mol. The second-order valence-electron chi connectivity index (χ2n) is 16.4. The highest BCUT2D eigenvalue weighted by molar-refractivity contribution is 7.75. The van der Waals surface area contributed by atoms with Gasteiger partial charge in [-0.05, 0) is 32.1 Å². The number of hydrogen-bond donors (Lipinski definition) is 0. The van der Waals surface area contributed by atoms with Gasteiger partial charge in [-0.1, -0.05) is 245 Å². The number of hydrogen-bond acceptors (Lipinski definition) is 0. The van der Waals surface area contributed by atoms with E-state index in [0.717, 1.165) is 0 Å². The van der Waals surface area contributed by atoms with Crippen molar-refractivity contribution >= 4 is 35.3 Å². The molecule has 0 radical (unpaired) electrons. The summed E-state index contributed by atoms with van der Waals surface area (Å²) in [6, 6.07) is 43.5. The fourth-order valence-electron chi connectivity index (χ4n) is 8.91. The van der Waals surface area contributed by atoms with Crippen LogP contribution in [0.15, 0.2) is 121 Å². The minimum atomic E-state index is -1.22. The Bertz CT molecular complexity index is 1220. The monoisotopic (exact) mass is 747 g/mol. The number of benzene rings is 4. The lowest BCUT2D eigenvalue weighted by Gasteiger charge is -2.44. The van der Waals surface area contributed by atoms with E-state index in [2.05, 4.69) is 149 Å². The predicted molar refractivity (Wildman–Crippen MR) is 251 cm³/mol. The lowest BCUT2D eigenvalue weighted by molar-refractivity contribution is 0.538. The fraction of sp³-hybridized carbons (Fsp3) is 0.538. The highest BCUT2D eigenvalue weighted by Gasteiger charge is 2.34. The number of unbranched alkanes of at least 4 members (excludes halogenated alkanes) is 16. The predicted octanol–water partition coefficient (Wildman–Crippen LogP) is 13.9. The average molecular weight is 747 g/mol. The zero-order valence-corrected chi connectivity index (χ0v) is 36.4. The SMILES string of the molecule is CCCCCCCCCCCCCCCC[P+](CCCC)(CCCC)CCCC.c1ccc([B-](c2ccccc2)(c2ccccc2)c2ccccc2)cc1. The Morgan fingerprint density at radius 2 is 0.500 bits per heavy atom. The van der Waals surface area contributed by atoms with Crippen molar-refractivity contribution in [1.82, 2.24) is 0 Å². The van der Waals surface area contributed by atoms with Crippen LogP contribution in [-0.2, 0) is 0 Å². The molecule has 4 aromatic rings. The summed E-state index contributed by atoms with van der Waals surface area (Å²) in [4.78, 5) is 0. The standard InChI is InChI=1S/C28H60P.C24H20B/c1-5-9-13-14-15-16-17-18-19-20-21-22-23-24-28-29(25-10-6-2,26-11-7-3)27-12-8-4;1-5-13-21(14-6-1)25(22-15-7-2-8-16-22,23-17-9-3-10-18-23)24-19-11-4-12-20-24/h5-28H2,1-4H3;1-20H/q+1;-1. The zero-order chi connectivity index (χ0) is 38.4. The molecule has 0 bridgehead atoms. The maximum absolute atomic E-state index is 2.39. The first-order valence-electron chi connectivity index (χ1n) is 22.9. The molecule has 0 amide bonds. The smallest absolute Gasteiger partial charge is 0.108 e. The van der Waals surface area contributed by atoms with Crippen LogP contribution in [0.1, 0.15) is 156 Å². The molecule has 0 fully saturated rings. The van der Waals surface area contributed by atoms with Crippen LogP contribution < -0.4 is 21.9 Å². The third-order valence-corrected chi connectivity index (χ3v) is 17.2. The third kappa shape index (κ3) is 15.9. The second-order valence-corrected chi connectivity index (χ2v) is 20.9. The van der Waals surface area contributed by atoms with Gasteiger partial charge >= 0.3 is 0 Å². The first-order chi connectivity index (χ1) is 26.7. The Morgan fingerprint density at radius 1 is 0.278 bits per heavy atom. The summed E-state index contributed by atoms with van der Waals surface area (Å²) in [5.41, 5.74) is 5.36. The summed E-state index contributed by atoms with van der Waals surface area (Å²) in [6.07, 6.45) is 34.7. The van der Waals surface area contributed by atoms with Gasteiger partial charge in [-0.25, -0.2) is 0 Å². The molecule has 54 heavy (non-hydrogen) atoms. The van der Waals surface area contributed by atoms with E-state index in [9.17, 15) is 0 Å². The summed E-state index contributed by atoms with van der Waals surface area (Å²) in [6.45, 7) is 9.48. The second kappa shape index (κ2) is 28.7. The molecule has 4 rings (SSSR count). The van der Waals surface area contributed by atoms with Gasteiger partial charge < -0.3 is 0 Å². The summed E-state index contributed by atoms with van der Waals surface area (Å²) in [5.74, 6) is 0. The van der Waals surface area contributed by atoms with Gasteiger partial charge in [-0.2, -0.15) is 21.9 Å². The largest absolute Gasteiger partial charge is 0.195 e. The molecule has 0 aliphatic rings. The Morgan fingerprint density at radius 3 is 0.759 bits per heavy atom. The molecule has 4 aromatic carbocycles. The lowest BCUT2D eigenvalue weighted by atomic mass is 9.13. The molecule has 0 saturated heterocycles. The summed E-state index contributed by atoms with van der Waals surface area (Å²) >= 11 is 0. The van der Waals surface area contributed by atoms with Gasteiger partial charge in [-0.3, -0.25) is 0 Å². The molecule has 0 aliphatic heterocycles. The highest BCUT2D eigenvalue weighted by atomic mass is 31.2. The van der Waals surface area contributed by atoms with Gasteiger partial charge in [0.15, 0.2) is 0 Å². The van der Waals surface area contributed by atoms with E-state index in [1.807, 2.05) is 0 Å². The highest BCUT2D eigenvalue weighted by Crippen LogP contribution is 2.61. The van der Waals surface area contributed by atoms with Gasteiger partial charge in [0.1, 0.15) is 6.15 Å². The van der Waals surface area contributed by atoms with Gasteiger partial charge in [0.2, 0.25) is 0 Å². The summed E-state index contributed by atoms with van der Waals surface area (Å²) < 4.78 is 0. The van der Waals surface area contributed by atoms with Crippen molar-refractivity contribution in [3.05, 3.63) is 121 Å². The Labute approximate surface area is 336 Å². The third-order valence-electron chi connectivity index (χ3n) is 12.1. The maximum atomic E-state index is 2.39. The molecule has 2 heteroatoms. The molecule has 0 unspecified atom stereocenters. The van der Waals surface area contributed by atoms with E-state index in [-0.39, 0.29) is 0 Å². The van der Waals surface area contributed by atoms with E-state index in [4.69, 9.17) is 0 Å². The van der Waals surface area contributed by atoms with Crippen LogP contribution in [0.5, 0.6) is 0 Å². The molecule has 0 aliphatic carbocycles. The maximum Gasteiger partial charge on any atom is 0.108 e.